The molecular weight excluding hydrogens is 220 g/mol. The molecule has 1 fully saturated rings. The second-order valence-corrected chi connectivity index (χ2v) is 4.40. The van der Waals surface area contributed by atoms with Crippen molar-refractivity contribution < 1.29 is 9.53 Å². The number of ether oxygens (including phenoxy) is 1. The molecular formula is C11H18N4O2. The number of nitrogens with zero attached hydrogens (tertiary/aromatic N) is 4. The van der Waals surface area contributed by atoms with Crippen LogP contribution in [-0.4, -0.2) is 45.8 Å². The van der Waals surface area contributed by atoms with Crippen molar-refractivity contribution in [3.8, 4) is 0 Å². The largest absolute Gasteiger partial charge is 0.469 e. The highest BCUT2D eigenvalue weighted by molar-refractivity contribution is 5.72. The van der Waals surface area contributed by atoms with Gasteiger partial charge < -0.3 is 4.74 Å². The summed E-state index contributed by atoms with van der Waals surface area (Å²) >= 11 is 0. The second-order valence-electron chi connectivity index (χ2n) is 4.40. The average molecular weight is 238 g/mol. The molecule has 94 valence electrons. The molecule has 1 saturated heterocycles. The van der Waals surface area contributed by atoms with E-state index < -0.39 is 0 Å². The predicted molar refractivity (Wildman–Crippen MR) is 61.0 cm³/mol. The van der Waals surface area contributed by atoms with E-state index >= 15 is 0 Å². The summed E-state index contributed by atoms with van der Waals surface area (Å²) in [7, 11) is 3.33. The number of methoxy groups -OCH3 is 1. The second kappa shape index (κ2) is 5.27. The molecule has 6 nitrogen and oxygen atoms in total. The lowest BCUT2D eigenvalue weighted by Gasteiger charge is -2.30. The number of hydrogen-bond donors (Lipinski definition) is 0. The number of carbonyl (C=O) groups excluding carboxylic acids is 1. The van der Waals surface area contributed by atoms with Gasteiger partial charge in [-0.2, -0.15) is 5.10 Å². The van der Waals surface area contributed by atoms with Crippen LogP contribution in [0.1, 0.15) is 18.7 Å². The average Bonchev–Trinajstić information content (AvgIpc) is 2.74. The van der Waals surface area contributed by atoms with Crippen LogP contribution in [0.2, 0.25) is 0 Å². The van der Waals surface area contributed by atoms with Crippen LogP contribution in [0.25, 0.3) is 0 Å². The maximum atomic E-state index is 11.5. The molecule has 1 atom stereocenters. The normalized spacial score (nSPS) is 21.4. The Morgan fingerprint density at radius 2 is 2.47 bits per heavy atom. The minimum Gasteiger partial charge on any atom is -0.469 e. The maximum Gasteiger partial charge on any atom is 0.309 e. The van der Waals surface area contributed by atoms with Crippen LogP contribution in [0, 0.1) is 5.92 Å². The van der Waals surface area contributed by atoms with Crippen LogP contribution >= 0.6 is 0 Å². The number of rotatable bonds is 3. The lowest BCUT2D eigenvalue weighted by atomic mass is 9.98. The van der Waals surface area contributed by atoms with Crippen LogP contribution in [0.5, 0.6) is 0 Å². The molecule has 0 N–H and O–H groups in total. The van der Waals surface area contributed by atoms with E-state index in [0.29, 0.717) is 0 Å². The van der Waals surface area contributed by atoms with Crippen LogP contribution < -0.4 is 0 Å². The van der Waals surface area contributed by atoms with Gasteiger partial charge in [0.1, 0.15) is 12.2 Å². The molecule has 6 heteroatoms. The number of esters is 1. The Bertz CT molecular complexity index is 391. The fourth-order valence-electron chi connectivity index (χ4n) is 2.22. The summed E-state index contributed by atoms with van der Waals surface area (Å²) in [6, 6.07) is 0. The quantitative estimate of drug-likeness (QED) is 0.704. The summed E-state index contributed by atoms with van der Waals surface area (Å²) in [5.74, 6) is 0.824. The molecule has 0 amide bonds. The smallest absolute Gasteiger partial charge is 0.309 e. The van der Waals surface area contributed by atoms with E-state index in [2.05, 4.69) is 15.0 Å². The molecule has 0 aliphatic carbocycles. The number of hydrogen-bond acceptors (Lipinski definition) is 5. The van der Waals surface area contributed by atoms with Crippen molar-refractivity contribution in [3.63, 3.8) is 0 Å². The fourth-order valence-corrected chi connectivity index (χ4v) is 2.22. The van der Waals surface area contributed by atoms with Gasteiger partial charge in [-0.15, -0.1) is 0 Å². The molecule has 0 bridgehead atoms. The predicted octanol–water partition coefficient (Wildman–Crippen LogP) is 0.200. The third-order valence-corrected chi connectivity index (χ3v) is 3.21. The van der Waals surface area contributed by atoms with Gasteiger partial charge in [-0.25, -0.2) is 4.98 Å². The number of carbonyl (C=O) groups is 1. The van der Waals surface area contributed by atoms with Crippen LogP contribution in [0.15, 0.2) is 6.33 Å². The molecule has 2 heterocycles. The topological polar surface area (TPSA) is 60.2 Å². The molecule has 1 aromatic rings. The van der Waals surface area contributed by atoms with E-state index in [-0.39, 0.29) is 11.9 Å². The standard InChI is InChI=1S/C11H18N4O2/c1-14-10(12-8-13-14)7-15-5-3-4-9(6-15)11(16)17-2/h8-9H,3-7H2,1-2H3. The molecule has 1 unspecified atom stereocenters. The van der Waals surface area contributed by atoms with Crippen molar-refractivity contribution in [1.29, 1.82) is 0 Å². The van der Waals surface area contributed by atoms with Crippen LogP contribution in [0.3, 0.4) is 0 Å². The minimum absolute atomic E-state index is 0.00183. The summed E-state index contributed by atoms with van der Waals surface area (Å²) in [6.07, 6.45) is 3.50. The van der Waals surface area contributed by atoms with Gasteiger partial charge in [0.15, 0.2) is 0 Å². The zero-order valence-electron chi connectivity index (χ0n) is 10.3. The van der Waals surface area contributed by atoms with Crippen molar-refractivity contribution in [2.24, 2.45) is 13.0 Å². The van der Waals surface area contributed by atoms with E-state index in [0.717, 1.165) is 38.3 Å². The Balaban J connectivity index is 1.94. The lowest BCUT2D eigenvalue weighted by molar-refractivity contribution is -0.147. The zero-order valence-corrected chi connectivity index (χ0v) is 10.3. The first-order chi connectivity index (χ1) is 8.20. The van der Waals surface area contributed by atoms with Gasteiger partial charge in [0.25, 0.3) is 0 Å². The molecule has 0 radical (unpaired) electrons. The van der Waals surface area contributed by atoms with Crippen LogP contribution in [0.4, 0.5) is 0 Å². The van der Waals surface area contributed by atoms with Gasteiger partial charge in [-0.05, 0) is 19.4 Å². The van der Waals surface area contributed by atoms with Crippen LogP contribution in [-0.2, 0) is 23.1 Å². The third kappa shape index (κ3) is 2.82. The van der Waals surface area contributed by atoms with Gasteiger partial charge >= 0.3 is 5.97 Å². The molecule has 17 heavy (non-hydrogen) atoms. The van der Waals surface area contributed by atoms with Crippen molar-refractivity contribution >= 4 is 5.97 Å². The molecule has 1 aliphatic heterocycles. The van der Waals surface area contributed by atoms with Gasteiger partial charge in [0, 0.05) is 13.6 Å². The summed E-state index contributed by atoms with van der Waals surface area (Å²) in [6.45, 7) is 2.49. The molecule has 2 rings (SSSR count). The van der Waals surface area contributed by atoms with Crippen molar-refractivity contribution in [1.82, 2.24) is 19.7 Å². The fraction of sp³-hybridized carbons (Fsp3) is 0.727. The Hall–Kier alpha value is -1.43. The summed E-state index contributed by atoms with van der Waals surface area (Å²) in [5, 5.41) is 4.04. The minimum atomic E-state index is -0.104. The summed E-state index contributed by atoms with van der Waals surface area (Å²) in [5.41, 5.74) is 0. The Morgan fingerprint density at radius 3 is 3.12 bits per heavy atom. The third-order valence-electron chi connectivity index (χ3n) is 3.21. The van der Waals surface area contributed by atoms with E-state index in [1.165, 1.54) is 7.11 Å². The number of aryl methyl sites for hydroxylation is 1. The Labute approximate surface area is 101 Å². The summed E-state index contributed by atoms with van der Waals surface area (Å²) in [4.78, 5) is 17.9. The first-order valence-electron chi connectivity index (χ1n) is 5.83. The SMILES string of the molecule is COC(=O)C1CCCN(Cc2ncnn2C)C1. The van der Waals surface area contributed by atoms with Gasteiger partial charge in [-0.3, -0.25) is 14.4 Å². The highest BCUT2D eigenvalue weighted by Crippen LogP contribution is 2.18. The van der Waals surface area contributed by atoms with E-state index in [1.807, 2.05) is 7.05 Å². The Morgan fingerprint density at radius 1 is 1.65 bits per heavy atom. The Kier molecular flexibility index (Phi) is 3.73. The highest BCUT2D eigenvalue weighted by atomic mass is 16.5. The number of piperidine rings is 1. The first-order valence-corrected chi connectivity index (χ1v) is 5.83. The molecule has 0 aromatic carbocycles. The number of aromatic nitrogens is 3. The van der Waals surface area contributed by atoms with Crippen molar-refractivity contribution in [2.75, 3.05) is 20.2 Å². The monoisotopic (exact) mass is 238 g/mol. The molecule has 1 aromatic heterocycles. The first kappa shape index (κ1) is 12.0. The molecule has 1 aliphatic rings. The van der Waals surface area contributed by atoms with Gasteiger partial charge in [0.05, 0.1) is 19.6 Å². The molecule has 0 spiro atoms. The van der Waals surface area contributed by atoms with Crippen molar-refractivity contribution in [2.45, 2.75) is 19.4 Å². The summed E-state index contributed by atoms with van der Waals surface area (Å²) < 4.78 is 6.56. The van der Waals surface area contributed by atoms with E-state index in [9.17, 15) is 4.79 Å². The van der Waals surface area contributed by atoms with E-state index in [1.54, 1.807) is 11.0 Å². The lowest BCUT2D eigenvalue weighted by Crippen LogP contribution is -2.39. The maximum absolute atomic E-state index is 11.5. The van der Waals surface area contributed by atoms with Gasteiger partial charge in [-0.1, -0.05) is 0 Å². The van der Waals surface area contributed by atoms with E-state index in [4.69, 9.17) is 4.74 Å². The van der Waals surface area contributed by atoms with Crippen molar-refractivity contribution in [3.05, 3.63) is 12.2 Å². The number of likely N-dealkylation sites (tertiary alicyclic amines) is 1. The van der Waals surface area contributed by atoms with Gasteiger partial charge in [0.2, 0.25) is 0 Å². The highest BCUT2D eigenvalue weighted by Gasteiger charge is 2.26. The zero-order chi connectivity index (χ0) is 12.3. The molecule has 0 saturated carbocycles.